The molecule has 25 heavy (non-hydrogen) atoms. The quantitative estimate of drug-likeness (QED) is 0.331. The molecule has 1 fully saturated rings. The van der Waals surface area contributed by atoms with Crippen molar-refractivity contribution < 1.29 is 4.79 Å². The predicted octanol–water partition coefficient (Wildman–Crippen LogP) is 1.94. The molecule has 1 amide bonds. The Labute approximate surface area is 167 Å². The maximum atomic E-state index is 11.1. The number of nitrogens with zero attached hydrogens (tertiary/aromatic N) is 2. The van der Waals surface area contributed by atoms with Crippen LogP contribution in [0.25, 0.3) is 0 Å². The van der Waals surface area contributed by atoms with Gasteiger partial charge in [0.1, 0.15) is 0 Å². The molecular formula is C18H30IN5O. The van der Waals surface area contributed by atoms with Crippen LogP contribution in [0.3, 0.4) is 0 Å². The van der Waals surface area contributed by atoms with Gasteiger partial charge in [0.25, 0.3) is 0 Å². The van der Waals surface area contributed by atoms with Crippen molar-refractivity contribution in [1.82, 2.24) is 15.5 Å². The Morgan fingerprint density at radius 1 is 1.16 bits per heavy atom. The van der Waals surface area contributed by atoms with E-state index in [4.69, 9.17) is 5.73 Å². The lowest BCUT2D eigenvalue weighted by Crippen LogP contribution is -2.42. The van der Waals surface area contributed by atoms with Gasteiger partial charge in [0.15, 0.2) is 5.96 Å². The predicted molar refractivity (Wildman–Crippen MR) is 113 cm³/mol. The van der Waals surface area contributed by atoms with E-state index in [0.29, 0.717) is 12.1 Å². The molecule has 1 aromatic rings. The molecule has 4 N–H and O–H groups in total. The van der Waals surface area contributed by atoms with Crippen LogP contribution < -0.4 is 16.4 Å². The summed E-state index contributed by atoms with van der Waals surface area (Å²) in [4.78, 5) is 18.2. The molecule has 0 radical (unpaired) electrons. The van der Waals surface area contributed by atoms with E-state index in [-0.39, 0.29) is 24.0 Å². The van der Waals surface area contributed by atoms with Gasteiger partial charge in [0.2, 0.25) is 5.91 Å². The number of guanidine groups is 1. The molecule has 1 aliphatic heterocycles. The van der Waals surface area contributed by atoms with Crippen LogP contribution in [0, 0.1) is 0 Å². The highest BCUT2D eigenvalue weighted by atomic mass is 127. The minimum Gasteiger partial charge on any atom is -0.366 e. The summed E-state index contributed by atoms with van der Waals surface area (Å²) >= 11 is 0. The third-order valence-electron chi connectivity index (χ3n) is 4.17. The van der Waals surface area contributed by atoms with E-state index in [1.54, 1.807) is 12.1 Å². The lowest BCUT2D eigenvalue weighted by atomic mass is 10.1. The monoisotopic (exact) mass is 459 g/mol. The van der Waals surface area contributed by atoms with Crippen LogP contribution in [-0.2, 0) is 6.54 Å². The zero-order valence-corrected chi connectivity index (χ0v) is 17.3. The number of halogens is 1. The van der Waals surface area contributed by atoms with Crippen molar-refractivity contribution in [3.8, 4) is 0 Å². The molecule has 7 heteroatoms. The molecule has 0 aliphatic carbocycles. The fourth-order valence-corrected chi connectivity index (χ4v) is 2.80. The molecule has 0 spiro atoms. The Balaban J connectivity index is 0.00000312. The average Bonchev–Trinajstić information content (AvgIpc) is 2.61. The summed E-state index contributed by atoms with van der Waals surface area (Å²) in [7, 11) is 0. The highest BCUT2D eigenvalue weighted by Crippen LogP contribution is 2.07. The zero-order valence-electron chi connectivity index (χ0n) is 15.0. The normalized spacial score (nSPS) is 15.3. The number of hydrogen-bond donors (Lipinski definition) is 3. The molecule has 1 heterocycles. The number of carbonyl (C=O) groups excluding carboxylic acids is 1. The Morgan fingerprint density at radius 2 is 1.84 bits per heavy atom. The summed E-state index contributed by atoms with van der Waals surface area (Å²) in [5.74, 6) is 0.422. The van der Waals surface area contributed by atoms with E-state index in [9.17, 15) is 4.79 Å². The van der Waals surface area contributed by atoms with Gasteiger partial charge in [-0.25, -0.2) is 4.99 Å². The number of likely N-dealkylation sites (tertiary alicyclic amines) is 1. The van der Waals surface area contributed by atoms with Gasteiger partial charge < -0.3 is 21.3 Å². The van der Waals surface area contributed by atoms with E-state index in [2.05, 4.69) is 27.4 Å². The van der Waals surface area contributed by atoms with Gasteiger partial charge in [0.05, 0.1) is 6.54 Å². The number of nitrogens with two attached hydrogens (primary N) is 1. The number of rotatable bonds is 7. The smallest absolute Gasteiger partial charge is 0.248 e. The van der Waals surface area contributed by atoms with Crippen molar-refractivity contribution in [2.75, 3.05) is 32.7 Å². The number of benzene rings is 1. The molecule has 6 nitrogen and oxygen atoms in total. The number of nitrogens with one attached hydrogen (secondary N) is 2. The number of amides is 1. The van der Waals surface area contributed by atoms with Crippen LogP contribution in [0.15, 0.2) is 29.3 Å². The standard InChI is InChI=1S/C18H29N5O.HI/c1-2-20-18(21-10-13-23-11-4-3-5-12-23)22-14-15-6-8-16(9-7-15)17(19)24;/h6-9H,2-5,10-14H2,1H3,(H2,19,24)(H2,20,21,22);1H. The van der Waals surface area contributed by atoms with Crippen LogP contribution in [0.4, 0.5) is 0 Å². The summed E-state index contributed by atoms with van der Waals surface area (Å²) < 4.78 is 0. The Hall–Kier alpha value is -1.35. The Morgan fingerprint density at radius 3 is 2.44 bits per heavy atom. The van der Waals surface area contributed by atoms with E-state index >= 15 is 0 Å². The summed E-state index contributed by atoms with van der Waals surface area (Å²) in [6, 6.07) is 7.26. The molecule has 0 unspecified atom stereocenters. The lowest BCUT2D eigenvalue weighted by Gasteiger charge is -2.26. The molecule has 0 aromatic heterocycles. The second-order valence-corrected chi connectivity index (χ2v) is 6.09. The molecule has 140 valence electrons. The fraction of sp³-hybridized carbons (Fsp3) is 0.556. The summed E-state index contributed by atoms with van der Waals surface area (Å²) in [5, 5.41) is 6.66. The molecule has 0 saturated carbocycles. The number of hydrogen-bond acceptors (Lipinski definition) is 3. The molecular weight excluding hydrogens is 429 g/mol. The van der Waals surface area contributed by atoms with Crippen LogP contribution in [0.5, 0.6) is 0 Å². The van der Waals surface area contributed by atoms with Crippen molar-refractivity contribution in [2.45, 2.75) is 32.7 Å². The zero-order chi connectivity index (χ0) is 17.2. The molecule has 1 aromatic carbocycles. The SMILES string of the molecule is CCNC(=NCc1ccc(C(N)=O)cc1)NCCN1CCCCC1.I. The van der Waals surface area contributed by atoms with Crippen molar-refractivity contribution in [1.29, 1.82) is 0 Å². The first-order valence-corrected chi connectivity index (χ1v) is 8.82. The first-order chi connectivity index (χ1) is 11.7. The van der Waals surface area contributed by atoms with Gasteiger partial charge in [-0.3, -0.25) is 4.79 Å². The first kappa shape index (κ1) is 21.7. The first-order valence-electron chi connectivity index (χ1n) is 8.82. The highest BCUT2D eigenvalue weighted by molar-refractivity contribution is 14.0. The van der Waals surface area contributed by atoms with Crippen molar-refractivity contribution in [3.63, 3.8) is 0 Å². The minimum absolute atomic E-state index is 0. The van der Waals surface area contributed by atoms with E-state index in [1.807, 2.05) is 12.1 Å². The van der Waals surface area contributed by atoms with E-state index < -0.39 is 5.91 Å². The molecule has 1 aliphatic rings. The molecule has 0 bridgehead atoms. The lowest BCUT2D eigenvalue weighted by molar-refractivity contribution is 0.100. The highest BCUT2D eigenvalue weighted by Gasteiger charge is 2.09. The van der Waals surface area contributed by atoms with Gasteiger partial charge >= 0.3 is 0 Å². The summed E-state index contributed by atoms with van der Waals surface area (Å²) in [6.07, 6.45) is 3.99. The topological polar surface area (TPSA) is 82.7 Å². The number of primary amides is 1. The van der Waals surface area contributed by atoms with Gasteiger partial charge in [0, 0.05) is 25.2 Å². The summed E-state index contributed by atoms with van der Waals surface area (Å²) in [6.45, 7) is 7.82. The third-order valence-corrected chi connectivity index (χ3v) is 4.17. The van der Waals surface area contributed by atoms with Gasteiger partial charge in [-0.05, 0) is 50.6 Å². The third kappa shape index (κ3) is 8.04. The van der Waals surface area contributed by atoms with Crippen LogP contribution >= 0.6 is 24.0 Å². The van der Waals surface area contributed by atoms with Gasteiger partial charge in [-0.1, -0.05) is 18.6 Å². The van der Waals surface area contributed by atoms with Crippen LogP contribution in [-0.4, -0.2) is 49.5 Å². The number of piperidine rings is 1. The average molecular weight is 459 g/mol. The minimum atomic E-state index is -0.405. The van der Waals surface area contributed by atoms with Crippen molar-refractivity contribution in [3.05, 3.63) is 35.4 Å². The maximum absolute atomic E-state index is 11.1. The van der Waals surface area contributed by atoms with Crippen LogP contribution in [0.1, 0.15) is 42.1 Å². The van der Waals surface area contributed by atoms with E-state index in [1.165, 1.54) is 32.4 Å². The second-order valence-electron chi connectivity index (χ2n) is 6.09. The number of carbonyl (C=O) groups is 1. The number of aliphatic imine (C=N–C) groups is 1. The van der Waals surface area contributed by atoms with Crippen molar-refractivity contribution in [2.24, 2.45) is 10.7 Å². The van der Waals surface area contributed by atoms with Gasteiger partial charge in [-0.2, -0.15) is 0 Å². The Bertz CT molecular complexity index is 541. The maximum Gasteiger partial charge on any atom is 0.248 e. The largest absolute Gasteiger partial charge is 0.366 e. The van der Waals surface area contributed by atoms with Gasteiger partial charge in [-0.15, -0.1) is 24.0 Å². The second kappa shape index (κ2) is 12.1. The summed E-state index contributed by atoms with van der Waals surface area (Å²) in [5.41, 5.74) is 6.82. The molecule has 2 rings (SSSR count). The van der Waals surface area contributed by atoms with E-state index in [0.717, 1.165) is 31.2 Å². The Kier molecular flexibility index (Phi) is 10.5. The molecule has 1 saturated heterocycles. The fourth-order valence-electron chi connectivity index (χ4n) is 2.80. The molecule has 0 atom stereocenters. The van der Waals surface area contributed by atoms with Crippen LogP contribution in [0.2, 0.25) is 0 Å². The van der Waals surface area contributed by atoms with Crippen molar-refractivity contribution >= 4 is 35.8 Å².